The summed E-state index contributed by atoms with van der Waals surface area (Å²) in [5, 5.41) is 0. The molecule has 0 fully saturated rings. The molecule has 1 rings (SSSR count). The van der Waals surface area contributed by atoms with Gasteiger partial charge in [-0.3, -0.25) is 0 Å². The molecule has 0 aliphatic rings. The molecule has 0 N–H and O–H groups in total. The molecule has 1 aromatic rings. The van der Waals surface area contributed by atoms with Crippen molar-refractivity contribution >= 4 is 61.5 Å². The Bertz CT molecular complexity index is 362. The molecule has 1 aromatic carbocycles. The van der Waals surface area contributed by atoms with E-state index in [9.17, 15) is 8.42 Å². The Morgan fingerprint density at radius 2 is 1.80 bits per heavy atom. The van der Waals surface area contributed by atoms with Crippen molar-refractivity contribution in [3.05, 3.63) is 30.3 Å². The molecular weight excluding hydrogens is 239 g/mol. The fourth-order valence-corrected chi connectivity index (χ4v) is 2.12. The van der Waals surface area contributed by atoms with E-state index in [2.05, 4.69) is 0 Å². The molecule has 0 aliphatic carbocycles. The van der Waals surface area contributed by atoms with Crippen molar-refractivity contribution in [2.45, 2.75) is 19.8 Å². The first-order valence-electron chi connectivity index (χ1n) is 4.61. The second-order valence-corrected chi connectivity index (χ2v) is 4.70. The topological polar surface area (TPSA) is 43.4 Å². The summed E-state index contributed by atoms with van der Waals surface area (Å²) in [4.78, 5) is 0. The Kier molecular flexibility index (Phi) is 8.13. The standard InChI is InChI=1S/C10H14O3S.K.H/c1-2-3-9-14(11,12)13-10-7-5-4-6-8-10;;/h4-8H,2-3,9H2,1H3;;. The molecule has 0 atom stereocenters. The van der Waals surface area contributed by atoms with Gasteiger partial charge in [-0.25, -0.2) is 0 Å². The van der Waals surface area contributed by atoms with Gasteiger partial charge in [0, 0.05) is 0 Å². The van der Waals surface area contributed by atoms with Crippen molar-refractivity contribution < 1.29 is 12.6 Å². The molecular formula is C10H15KO3S. The summed E-state index contributed by atoms with van der Waals surface area (Å²) in [5.74, 6) is 0.460. The number of unbranched alkanes of at least 4 members (excludes halogenated alkanes) is 1. The molecule has 0 bridgehead atoms. The Labute approximate surface area is 134 Å². The summed E-state index contributed by atoms with van der Waals surface area (Å²) in [5.41, 5.74) is 0. The fraction of sp³-hybridized carbons (Fsp3) is 0.400. The van der Waals surface area contributed by atoms with Crippen molar-refractivity contribution in [2.75, 3.05) is 5.75 Å². The molecule has 15 heavy (non-hydrogen) atoms. The molecule has 0 radical (unpaired) electrons. The molecule has 0 aliphatic heterocycles. The van der Waals surface area contributed by atoms with Gasteiger partial charge in [-0.15, -0.1) is 0 Å². The second kappa shape index (κ2) is 7.81. The predicted octanol–water partition coefficient (Wildman–Crippen LogP) is 1.55. The minimum atomic E-state index is -3.40. The molecule has 0 heterocycles. The zero-order valence-electron chi connectivity index (χ0n) is 8.14. The summed E-state index contributed by atoms with van der Waals surface area (Å²) in [6.07, 6.45) is 1.48. The van der Waals surface area contributed by atoms with Crippen molar-refractivity contribution in [1.82, 2.24) is 0 Å². The van der Waals surface area contributed by atoms with Gasteiger partial charge in [0.1, 0.15) is 5.75 Å². The second-order valence-electron chi connectivity index (χ2n) is 3.01. The number of rotatable bonds is 5. The summed E-state index contributed by atoms with van der Waals surface area (Å²) in [6.45, 7) is 1.94. The van der Waals surface area contributed by atoms with Crippen LogP contribution in [0.3, 0.4) is 0 Å². The maximum absolute atomic E-state index is 11.3. The molecule has 80 valence electrons. The first kappa shape index (κ1) is 15.6. The van der Waals surface area contributed by atoms with Crippen molar-refractivity contribution in [3.63, 3.8) is 0 Å². The van der Waals surface area contributed by atoms with Crippen LogP contribution in [0, 0.1) is 0 Å². The minimum absolute atomic E-state index is 0. The molecule has 0 spiro atoms. The first-order valence-corrected chi connectivity index (χ1v) is 6.19. The van der Waals surface area contributed by atoms with E-state index in [0.29, 0.717) is 12.2 Å². The van der Waals surface area contributed by atoms with E-state index >= 15 is 0 Å². The molecule has 3 nitrogen and oxygen atoms in total. The SMILES string of the molecule is CCCCS(=O)(=O)Oc1ccccc1.[KH]. The van der Waals surface area contributed by atoms with Gasteiger partial charge >= 0.3 is 61.5 Å². The molecule has 0 unspecified atom stereocenters. The Morgan fingerprint density at radius 1 is 1.20 bits per heavy atom. The predicted molar refractivity (Wildman–Crippen MR) is 62.9 cm³/mol. The Balaban J connectivity index is 0.00000196. The Hall–Kier alpha value is 0.606. The first-order chi connectivity index (χ1) is 6.64. The third-order valence-corrected chi connectivity index (χ3v) is 2.95. The van der Waals surface area contributed by atoms with Gasteiger partial charge in [0.25, 0.3) is 0 Å². The Morgan fingerprint density at radius 3 is 2.33 bits per heavy atom. The number of para-hydroxylation sites is 1. The van der Waals surface area contributed by atoms with Crippen molar-refractivity contribution in [2.24, 2.45) is 0 Å². The fourth-order valence-electron chi connectivity index (χ4n) is 0.985. The van der Waals surface area contributed by atoms with Crippen LogP contribution in [-0.2, 0) is 10.1 Å². The van der Waals surface area contributed by atoms with E-state index in [1.807, 2.05) is 13.0 Å². The van der Waals surface area contributed by atoms with Gasteiger partial charge in [0.15, 0.2) is 0 Å². The normalized spacial score (nSPS) is 10.5. The van der Waals surface area contributed by atoms with Crippen LogP contribution in [-0.4, -0.2) is 65.6 Å². The van der Waals surface area contributed by atoms with Crippen LogP contribution in [0.25, 0.3) is 0 Å². The summed E-state index contributed by atoms with van der Waals surface area (Å²) in [7, 11) is -3.40. The maximum atomic E-state index is 11.3. The zero-order valence-corrected chi connectivity index (χ0v) is 8.96. The van der Waals surface area contributed by atoms with Crippen LogP contribution in [0.1, 0.15) is 19.8 Å². The van der Waals surface area contributed by atoms with Gasteiger partial charge in [-0.1, -0.05) is 31.5 Å². The van der Waals surface area contributed by atoms with Crippen molar-refractivity contribution in [1.29, 1.82) is 0 Å². The van der Waals surface area contributed by atoms with Crippen LogP contribution >= 0.6 is 0 Å². The van der Waals surface area contributed by atoms with Crippen LogP contribution in [0.4, 0.5) is 0 Å². The van der Waals surface area contributed by atoms with E-state index in [0.717, 1.165) is 6.42 Å². The monoisotopic (exact) mass is 254 g/mol. The average Bonchev–Trinajstić information content (AvgIpc) is 2.16. The van der Waals surface area contributed by atoms with Gasteiger partial charge < -0.3 is 4.18 Å². The molecule has 0 saturated carbocycles. The van der Waals surface area contributed by atoms with Crippen LogP contribution in [0.5, 0.6) is 5.75 Å². The molecule has 0 saturated heterocycles. The summed E-state index contributed by atoms with van der Waals surface area (Å²) >= 11 is 0. The summed E-state index contributed by atoms with van der Waals surface area (Å²) < 4.78 is 27.5. The van der Waals surface area contributed by atoms with Gasteiger partial charge in [0.05, 0.1) is 5.75 Å². The van der Waals surface area contributed by atoms with Gasteiger partial charge in [-0.05, 0) is 18.6 Å². The van der Waals surface area contributed by atoms with Crippen molar-refractivity contribution in [3.8, 4) is 5.75 Å². The van der Waals surface area contributed by atoms with Crippen LogP contribution < -0.4 is 4.18 Å². The van der Waals surface area contributed by atoms with Gasteiger partial charge in [-0.2, -0.15) is 8.42 Å². The van der Waals surface area contributed by atoms with Crippen LogP contribution in [0.15, 0.2) is 30.3 Å². The van der Waals surface area contributed by atoms with E-state index < -0.39 is 10.1 Å². The van der Waals surface area contributed by atoms with Gasteiger partial charge in [0.2, 0.25) is 0 Å². The summed E-state index contributed by atoms with van der Waals surface area (Å²) in [6, 6.07) is 8.55. The number of hydrogen-bond donors (Lipinski definition) is 0. The van der Waals surface area contributed by atoms with E-state index in [1.54, 1.807) is 24.3 Å². The quantitative estimate of drug-likeness (QED) is 0.591. The molecule has 5 heteroatoms. The third-order valence-electron chi connectivity index (χ3n) is 1.71. The third kappa shape index (κ3) is 6.70. The van der Waals surface area contributed by atoms with E-state index in [1.165, 1.54) is 0 Å². The van der Waals surface area contributed by atoms with E-state index in [4.69, 9.17) is 4.18 Å². The zero-order chi connectivity index (χ0) is 10.4. The van der Waals surface area contributed by atoms with Crippen LogP contribution in [0.2, 0.25) is 0 Å². The van der Waals surface area contributed by atoms with E-state index in [-0.39, 0.29) is 57.1 Å². The number of benzene rings is 1. The number of hydrogen-bond acceptors (Lipinski definition) is 3. The molecule has 0 aromatic heterocycles. The average molecular weight is 254 g/mol. The molecule has 0 amide bonds.